The van der Waals surface area contributed by atoms with E-state index < -0.39 is 0 Å². The van der Waals surface area contributed by atoms with E-state index in [1.807, 2.05) is 6.20 Å². The molecule has 1 unspecified atom stereocenters. The third-order valence-electron chi connectivity index (χ3n) is 3.78. The maximum absolute atomic E-state index is 9.22. The Morgan fingerprint density at radius 3 is 2.64 bits per heavy atom. The van der Waals surface area contributed by atoms with E-state index in [4.69, 9.17) is 4.99 Å². The van der Waals surface area contributed by atoms with Crippen LogP contribution in [0.1, 0.15) is 50.4 Å². The number of aryl methyl sites for hydroxylation is 1. The molecule has 1 aromatic rings. The summed E-state index contributed by atoms with van der Waals surface area (Å²) in [6.45, 7) is 11.3. The molecule has 1 rings (SSSR count). The second kappa shape index (κ2) is 14.7. The zero-order valence-corrected chi connectivity index (χ0v) is 19.2. The van der Waals surface area contributed by atoms with E-state index in [1.54, 1.807) is 11.3 Å². The van der Waals surface area contributed by atoms with Crippen molar-refractivity contribution in [2.75, 3.05) is 26.2 Å². The Hall–Kier alpha value is -0.410. The highest BCUT2D eigenvalue weighted by Crippen LogP contribution is 2.15. The first-order valence-electron chi connectivity index (χ1n) is 9.15. The van der Waals surface area contributed by atoms with E-state index in [-0.39, 0.29) is 30.6 Å². The molecule has 0 aliphatic heterocycles. The molecule has 0 amide bonds. The molecule has 0 aromatic carbocycles. The molecule has 0 fully saturated rings. The third kappa shape index (κ3) is 11.0. The number of halogens is 1. The quantitative estimate of drug-likeness (QED) is 0.257. The van der Waals surface area contributed by atoms with Crippen molar-refractivity contribution in [3.8, 4) is 0 Å². The first kappa shape index (κ1) is 24.6. The first-order valence-corrected chi connectivity index (χ1v) is 9.97. The lowest BCUT2D eigenvalue weighted by atomic mass is 9.94. The summed E-state index contributed by atoms with van der Waals surface area (Å²) < 4.78 is 0. The lowest BCUT2D eigenvalue weighted by Gasteiger charge is -2.17. The van der Waals surface area contributed by atoms with Gasteiger partial charge in [-0.25, -0.2) is 4.98 Å². The molecule has 0 radical (unpaired) electrons. The van der Waals surface area contributed by atoms with E-state index >= 15 is 0 Å². The molecule has 0 aliphatic carbocycles. The van der Waals surface area contributed by atoms with Gasteiger partial charge in [0.15, 0.2) is 5.96 Å². The van der Waals surface area contributed by atoms with Crippen LogP contribution in [0, 0.1) is 11.8 Å². The average molecular weight is 482 g/mol. The van der Waals surface area contributed by atoms with E-state index in [1.165, 1.54) is 9.88 Å². The van der Waals surface area contributed by atoms with Crippen LogP contribution in [-0.2, 0) is 12.8 Å². The summed E-state index contributed by atoms with van der Waals surface area (Å²) in [6, 6.07) is 0. The third-order valence-corrected chi connectivity index (χ3v) is 4.98. The van der Waals surface area contributed by atoms with E-state index in [0.717, 1.165) is 51.3 Å². The highest BCUT2D eigenvalue weighted by atomic mass is 127. The highest BCUT2D eigenvalue weighted by molar-refractivity contribution is 14.0. The second-order valence-corrected chi connectivity index (χ2v) is 7.68. The molecule has 0 spiro atoms. The van der Waals surface area contributed by atoms with Crippen molar-refractivity contribution in [3.63, 3.8) is 0 Å². The second-order valence-electron chi connectivity index (χ2n) is 6.48. The van der Waals surface area contributed by atoms with Crippen molar-refractivity contribution < 1.29 is 5.11 Å². The Kier molecular flexibility index (Phi) is 14.5. The van der Waals surface area contributed by atoms with E-state index in [2.05, 4.69) is 43.3 Å². The molecule has 0 saturated heterocycles. The zero-order valence-electron chi connectivity index (χ0n) is 16.0. The number of guanidine groups is 1. The molecule has 0 aliphatic rings. The lowest BCUT2D eigenvalue weighted by Crippen LogP contribution is -2.38. The van der Waals surface area contributed by atoms with Gasteiger partial charge >= 0.3 is 0 Å². The van der Waals surface area contributed by atoms with Crippen molar-refractivity contribution in [1.29, 1.82) is 0 Å². The largest absolute Gasteiger partial charge is 0.396 e. The van der Waals surface area contributed by atoms with Crippen LogP contribution in [0.2, 0.25) is 0 Å². The van der Waals surface area contributed by atoms with Gasteiger partial charge < -0.3 is 15.7 Å². The van der Waals surface area contributed by atoms with Gasteiger partial charge in [0.2, 0.25) is 0 Å². The van der Waals surface area contributed by atoms with Crippen molar-refractivity contribution in [3.05, 3.63) is 16.1 Å². The van der Waals surface area contributed by atoms with Gasteiger partial charge in [0, 0.05) is 43.7 Å². The normalized spacial score (nSPS) is 12.8. The Labute approximate surface area is 174 Å². The zero-order chi connectivity index (χ0) is 17.8. The number of aliphatic hydroxyl groups excluding tert-OH is 1. The Balaban J connectivity index is 0.00000576. The fraction of sp³-hybridized carbons (Fsp3) is 0.778. The lowest BCUT2D eigenvalue weighted by molar-refractivity contribution is 0.245. The number of hydrogen-bond donors (Lipinski definition) is 3. The molecule has 25 heavy (non-hydrogen) atoms. The molecule has 0 bridgehead atoms. The molecular formula is C18H35IN4OS. The van der Waals surface area contributed by atoms with Crippen LogP contribution >= 0.6 is 35.3 Å². The number of thiazole rings is 1. The Morgan fingerprint density at radius 2 is 2.08 bits per heavy atom. The van der Waals surface area contributed by atoms with Crippen molar-refractivity contribution in [1.82, 2.24) is 15.6 Å². The molecule has 3 N–H and O–H groups in total. The van der Waals surface area contributed by atoms with Crippen LogP contribution in [0.4, 0.5) is 0 Å². The molecule has 0 saturated carbocycles. The van der Waals surface area contributed by atoms with Crippen LogP contribution in [-0.4, -0.2) is 42.3 Å². The SMILES string of the molecule is CCNC(=NCC(CCO)CC(C)C)NCCc1ncc(CC)s1.I. The van der Waals surface area contributed by atoms with Crippen molar-refractivity contribution in [2.45, 2.75) is 53.4 Å². The van der Waals surface area contributed by atoms with Gasteiger partial charge in [0.05, 0.1) is 5.01 Å². The van der Waals surface area contributed by atoms with Crippen LogP contribution in [0.25, 0.3) is 0 Å². The summed E-state index contributed by atoms with van der Waals surface area (Å²) in [7, 11) is 0. The van der Waals surface area contributed by atoms with Gasteiger partial charge in [-0.3, -0.25) is 4.99 Å². The van der Waals surface area contributed by atoms with Crippen LogP contribution < -0.4 is 10.6 Å². The van der Waals surface area contributed by atoms with Crippen molar-refractivity contribution in [2.24, 2.45) is 16.8 Å². The molecule has 1 heterocycles. The van der Waals surface area contributed by atoms with Crippen LogP contribution in [0.5, 0.6) is 0 Å². The smallest absolute Gasteiger partial charge is 0.191 e. The van der Waals surface area contributed by atoms with Gasteiger partial charge in [-0.2, -0.15) is 0 Å². The van der Waals surface area contributed by atoms with Gasteiger partial charge in [-0.1, -0.05) is 20.8 Å². The minimum atomic E-state index is 0. The van der Waals surface area contributed by atoms with Gasteiger partial charge in [0.1, 0.15) is 0 Å². The number of rotatable bonds is 11. The summed E-state index contributed by atoms with van der Waals surface area (Å²) in [4.78, 5) is 10.5. The topological polar surface area (TPSA) is 69.5 Å². The molecule has 1 atom stereocenters. The number of hydrogen-bond acceptors (Lipinski definition) is 4. The fourth-order valence-electron chi connectivity index (χ4n) is 2.61. The maximum Gasteiger partial charge on any atom is 0.191 e. The summed E-state index contributed by atoms with van der Waals surface area (Å²) in [5.74, 6) is 1.93. The fourth-order valence-corrected chi connectivity index (χ4v) is 3.47. The average Bonchev–Trinajstić information content (AvgIpc) is 3.00. The monoisotopic (exact) mass is 482 g/mol. The summed E-state index contributed by atoms with van der Waals surface area (Å²) in [6.07, 6.45) is 5.87. The molecule has 1 aromatic heterocycles. The standard InChI is InChI=1S/C18H34N4OS.HI/c1-5-16-13-21-17(24-16)7-9-20-18(19-6-2)22-12-15(8-10-23)11-14(3)4;/h13-15,23H,5-12H2,1-4H3,(H2,19,20,22);1H. The maximum atomic E-state index is 9.22. The molecular weight excluding hydrogens is 447 g/mol. The molecule has 146 valence electrons. The predicted octanol–water partition coefficient (Wildman–Crippen LogP) is 3.47. The number of aliphatic hydroxyl groups is 1. The number of aromatic nitrogens is 1. The van der Waals surface area contributed by atoms with E-state index in [9.17, 15) is 5.11 Å². The first-order chi connectivity index (χ1) is 11.6. The van der Waals surface area contributed by atoms with Gasteiger partial charge in [-0.05, 0) is 38.0 Å². The molecule has 7 heteroatoms. The van der Waals surface area contributed by atoms with E-state index in [0.29, 0.717) is 11.8 Å². The summed E-state index contributed by atoms with van der Waals surface area (Å²) >= 11 is 1.79. The number of aliphatic imine (C=N–C) groups is 1. The van der Waals surface area contributed by atoms with Gasteiger partial charge in [0.25, 0.3) is 0 Å². The Bertz CT molecular complexity index is 479. The minimum Gasteiger partial charge on any atom is -0.396 e. The highest BCUT2D eigenvalue weighted by Gasteiger charge is 2.10. The van der Waals surface area contributed by atoms with Crippen molar-refractivity contribution >= 4 is 41.3 Å². The summed E-state index contributed by atoms with van der Waals surface area (Å²) in [5.41, 5.74) is 0. The predicted molar refractivity (Wildman–Crippen MR) is 119 cm³/mol. The Morgan fingerprint density at radius 1 is 1.32 bits per heavy atom. The minimum absolute atomic E-state index is 0. The number of nitrogens with one attached hydrogen (secondary N) is 2. The molecule has 5 nitrogen and oxygen atoms in total. The van der Waals surface area contributed by atoms with Gasteiger partial charge in [-0.15, -0.1) is 35.3 Å². The number of nitrogens with zero attached hydrogens (tertiary/aromatic N) is 2. The van der Waals surface area contributed by atoms with Crippen LogP contribution in [0.3, 0.4) is 0 Å². The van der Waals surface area contributed by atoms with Crippen LogP contribution in [0.15, 0.2) is 11.2 Å². The summed E-state index contributed by atoms with van der Waals surface area (Å²) in [5, 5.41) is 17.1.